The predicted molar refractivity (Wildman–Crippen MR) is 126 cm³/mol. The highest BCUT2D eigenvalue weighted by Gasteiger charge is 2.42. The van der Waals surface area contributed by atoms with Crippen molar-refractivity contribution >= 4 is 17.6 Å². The molecule has 2 aliphatic heterocycles. The molecule has 3 aromatic rings. The van der Waals surface area contributed by atoms with Gasteiger partial charge in [0.15, 0.2) is 5.69 Å². The number of oxazole rings is 1. The van der Waals surface area contributed by atoms with Gasteiger partial charge in [0.25, 0.3) is 6.01 Å². The van der Waals surface area contributed by atoms with Crippen LogP contribution in [0, 0.1) is 0 Å². The lowest BCUT2D eigenvalue weighted by molar-refractivity contribution is -0.141. The summed E-state index contributed by atoms with van der Waals surface area (Å²) < 4.78 is 45.9. The van der Waals surface area contributed by atoms with E-state index < -0.39 is 23.4 Å². The number of benzene rings is 1. The molecule has 0 atom stereocenters. The first-order valence-corrected chi connectivity index (χ1v) is 12.0. The van der Waals surface area contributed by atoms with E-state index in [0.717, 1.165) is 44.6 Å². The normalized spacial score (nSPS) is 17.2. The molecule has 2 aromatic heterocycles. The highest BCUT2D eigenvalue weighted by molar-refractivity contribution is 5.96. The molecule has 2 aliphatic rings. The largest absolute Gasteiger partial charge is 0.437 e. The van der Waals surface area contributed by atoms with Crippen LogP contribution in [0.4, 0.5) is 25.0 Å². The van der Waals surface area contributed by atoms with Crippen LogP contribution in [-0.4, -0.2) is 41.9 Å². The number of ketones is 1. The molecule has 0 N–H and O–H groups in total. The zero-order chi connectivity index (χ0) is 24.4. The SMILES string of the molecule is O=C(Cc1ccc(N2CCC(c3ccccc3)CC2)nc1)c1oc(N2CCCC2)nc1C(F)(F)F. The number of hydrogen-bond donors (Lipinski definition) is 0. The Kier molecular flexibility index (Phi) is 6.49. The quantitative estimate of drug-likeness (QED) is 0.431. The summed E-state index contributed by atoms with van der Waals surface area (Å²) in [6.07, 6.45) is 0.320. The van der Waals surface area contributed by atoms with Crippen molar-refractivity contribution < 1.29 is 22.4 Å². The molecule has 6 nitrogen and oxygen atoms in total. The molecular weight excluding hydrogens is 457 g/mol. The van der Waals surface area contributed by atoms with Crippen LogP contribution < -0.4 is 9.80 Å². The number of piperidine rings is 1. The fourth-order valence-corrected chi connectivity index (χ4v) is 4.87. The lowest BCUT2D eigenvalue weighted by atomic mass is 9.89. The van der Waals surface area contributed by atoms with Gasteiger partial charge in [-0.05, 0) is 48.8 Å². The van der Waals surface area contributed by atoms with Crippen molar-refractivity contribution in [3.63, 3.8) is 0 Å². The average molecular weight is 485 g/mol. The maximum absolute atomic E-state index is 13.5. The number of nitrogens with zero attached hydrogens (tertiary/aromatic N) is 4. The summed E-state index contributed by atoms with van der Waals surface area (Å²) in [7, 11) is 0. The molecule has 0 radical (unpaired) electrons. The van der Waals surface area contributed by atoms with E-state index in [4.69, 9.17) is 4.42 Å². The maximum atomic E-state index is 13.5. The third-order valence-corrected chi connectivity index (χ3v) is 6.78. The number of hydrogen-bond acceptors (Lipinski definition) is 6. The monoisotopic (exact) mass is 484 g/mol. The van der Waals surface area contributed by atoms with Gasteiger partial charge in [-0.15, -0.1) is 0 Å². The Labute approximate surface area is 201 Å². The van der Waals surface area contributed by atoms with Crippen LogP contribution in [0.2, 0.25) is 0 Å². The molecule has 2 fully saturated rings. The molecule has 0 amide bonds. The molecule has 2 saturated heterocycles. The molecule has 35 heavy (non-hydrogen) atoms. The van der Waals surface area contributed by atoms with Crippen molar-refractivity contribution in [3.8, 4) is 0 Å². The molecule has 0 unspecified atom stereocenters. The van der Waals surface area contributed by atoms with E-state index in [-0.39, 0.29) is 12.4 Å². The molecule has 184 valence electrons. The standard InChI is InChI=1S/C26H27F3N4O2/c27-26(28,29)24-23(35-25(31-24)33-12-4-5-13-33)21(34)16-18-8-9-22(30-17-18)32-14-10-20(11-15-32)19-6-2-1-3-7-19/h1-3,6-9,17,20H,4-5,10-16H2. The van der Waals surface area contributed by atoms with Gasteiger partial charge in [-0.3, -0.25) is 4.79 Å². The van der Waals surface area contributed by atoms with Crippen molar-refractivity contribution in [2.24, 2.45) is 0 Å². The Bertz CT molecular complexity index is 1150. The molecule has 5 rings (SSSR count). The number of alkyl halides is 3. The third kappa shape index (κ3) is 5.18. The van der Waals surface area contributed by atoms with E-state index >= 15 is 0 Å². The number of carbonyl (C=O) groups is 1. The van der Waals surface area contributed by atoms with Gasteiger partial charge in [-0.2, -0.15) is 18.2 Å². The third-order valence-electron chi connectivity index (χ3n) is 6.78. The fourth-order valence-electron chi connectivity index (χ4n) is 4.87. The highest BCUT2D eigenvalue weighted by Crippen LogP contribution is 2.35. The van der Waals surface area contributed by atoms with Crippen LogP contribution in [0.3, 0.4) is 0 Å². The molecule has 0 saturated carbocycles. The molecule has 4 heterocycles. The predicted octanol–water partition coefficient (Wildman–Crippen LogP) is 5.50. The molecular formula is C26H27F3N4O2. The van der Waals surface area contributed by atoms with Crippen molar-refractivity contribution in [2.45, 2.75) is 44.2 Å². The first-order valence-electron chi connectivity index (χ1n) is 12.0. The Morgan fingerprint density at radius 2 is 1.69 bits per heavy atom. The fraction of sp³-hybridized carbons (Fsp3) is 0.423. The summed E-state index contributed by atoms with van der Waals surface area (Å²) in [5, 5.41) is 0. The van der Waals surface area contributed by atoms with Crippen LogP contribution in [0.25, 0.3) is 0 Å². The van der Waals surface area contributed by atoms with E-state index in [9.17, 15) is 18.0 Å². The number of halogens is 3. The Morgan fingerprint density at radius 1 is 0.971 bits per heavy atom. The smallest absolute Gasteiger partial charge is 0.420 e. The van der Waals surface area contributed by atoms with Gasteiger partial charge in [0, 0.05) is 38.8 Å². The van der Waals surface area contributed by atoms with E-state index in [2.05, 4.69) is 39.1 Å². The number of carbonyl (C=O) groups excluding carboxylic acids is 1. The summed E-state index contributed by atoms with van der Waals surface area (Å²) in [5.74, 6) is -0.154. The van der Waals surface area contributed by atoms with E-state index in [1.54, 1.807) is 17.2 Å². The molecule has 0 bridgehead atoms. The van der Waals surface area contributed by atoms with Crippen LogP contribution >= 0.6 is 0 Å². The Morgan fingerprint density at radius 3 is 2.31 bits per heavy atom. The molecule has 1 aromatic carbocycles. The second-order valence-electron chi connectivity index (χ2n) is 9.16. The van der Waals surface area contributed by atoms with Gasteiger partial charge >= 0.3 is 6.18 Å². The van der Waals surface area contributed by atoms with Crippen molar-refractivity contribution in [2.75, 3.05) is 36.0 Å². The van der Waals surface area contributed by atoms with Gasteiger partial charge in [-0.1, -0.05) is 36.4 Å². The van der Waals surface area contributed by atoms with Crippen LogP contribution in [0.1, 0.15) is 59.0 Å². The molecule has 0 spiro atoms. The summed E-state index contributed by atoms with van der Waals surface area (Å²) >= 11 is 0. The van der Waals surface area contributed by atoms with Gasteiger partial charge in [0.1, 0.15) is 5.82 Å². The zero-order valence-electron chi connectivity index (χ0n) is 19.3. The minimum absolute atomic E-state index is 0.134. The topological polar surface area (TPSA) is 62.5 Å². The van der Waals surface area contributed by atoms with Crippen molar-refractivity contribution in [1.29, 1.82) is 0 Å². The van der Waals surface area contributed by atoms with Crippen LogP contribution in [-0.2, 0) is 12.6 Å². The zero-order valence-corrected chi connectivity index (χ0v) is 19.3. The molecule has 9 heteroatoms. The van der Waals surface area contributed by atoms with E-state index in [1.165, 1.54) is 5.56 Å². The van der Waals surface area contributed by atoms with Crippen molar-refractivity contribution in [3.05, 3.63) is 71.2 Å². The average Bonchev–Trinajstić information content (AvgIpc) is 3.56. The molecule has 0 aliphatic carbocycles. The van der Waals surface area contributed by atoms with Crippen molar-refractivity contribution in [1.82, 2.24) is 9.97 Å². The minimum Gasteiger partial charge on any atom is -0.420 e. The Hall–Kier alpha value is -3.36. The number of aromatic nitrogens is 2. The van der Waals surface area contributed by atoms with Gasteiger partial charge < -0.3 is 14.2 Å². The number of anilines is 2. The second-order valence-corrected chi connectivity index (χ2v) is 9.16. The summed E-state index contributed by atoms with van der Waals surface area (Å²) in [6.45, 7) is 2.88. The van der Waals surface area contributed by atoms with E-state index in [1.807, 2.05) is 12.1 Å². The summed E-state index contributed by atoms with van der Waals surface area (Å²) in [4.78, 5) is 24.7. The first-order chi connectivity index (χ1) is 16.9. The highest BCUT2D eigenvalue weighted by atomic mass is 19.4. The van der Waals surface area contributed by atoms with Crippen LogP contribution in [0.15, 0.2) is 53.1 Å². The van der Waals surface area contributed by atoms with Gasteiger partial charge in [0.2, 0.25) is 11.5 Å². The second kappa shape index (κ2) is 9.71. The van der Waals surface area contributed by atoms with E-state index in [0.29, 0.717) is 24.6 Å². The lowest BCUT2D eigenvalue weighted by Gasteiger charge is -2.33. The minimum atomic E-state index is -4.76. The van der Waals surface area contributed by atoms with Gasteiger partial charge in [0.05, 0.1) is 0 Å². The van der Waals surface area contributed by atoms with Crippen LogP contribution in [0.5, 0.6) is 0 Å². The summed E-state index contributed by atoms with van der Waals surface area (Å²) in [6, 6.07) is 13.9. The number of rotatable bonds is 6. The number of pyridine rings is 1. The first kappa shape index (κ1) is 23.4. The Balaban J connectivity index is 1.24. The lowest BCUT2D eigenvalue weighted by Crippen LogP contribution is -2.33. The number of Topliss-reactive ketones (excluding diaryl/α,β-unsaturated/α-hetero) is 1. The van der Waals surface area contributed by atoms with Gasteiger partial charge in [-0.25, -0.2) is 4.98 Å². The maximum Gasteiger partial charge on any atom is 0.437 e. The summed E-state index contributed by atoms with van der Waals surface area (Å²) in [5.41, 5.74) is 0.632.